The zero-order chi connectivity index (χ0) is 28.1. The second-order valence-electron chi connectivity index (χ2n) is 10.1. The van der Waals surface area contributed by atoms with Crippen LogP contribution in [0.25, 0.3) is 5.69 Å². The summed E-state index contributed by atoms with van der Waals surface area (Å²) in [7, 11) is 1.52. The quantitative estimate of drug-likeness (QED) is 0.365. The smallest absolute Gasteiger partial charge is 0.385 e. The van der Waals surface area contributed by atoms with Crippen LogP contribution in [-0.2, 0) is 21.1 Å². The molecular weight excluding hydrogens is 497 g/mol. The van der Waals surface area contributed by atoms with E-state index in [9.17, 15) is 22.8 Å². The van der Waals surface area contributed by atoms with Crippen molar-refractivity contribution in [3.05, 3.63) is 77.0 Å². The maximum atomic E-state index is 13.2. The number of aryl methyl sites for hydroxylation is 1. The van der Waals surface area contributed by atoms with Crippen LogP contribution in [-0.4, -0.2) is 53.3 Å². The third-order valence-corrected chi connectivity index (χ3v) is 5.85. The maximum absolute atomic E-state index is 13.2. The van der Waals surface area contributed by atoms with Crippen LogP contribution in [0, 0.1) is 6.92 Å². The van der Waals surface area contributed by atoms with Gasteiger partial charge in [-0.05, 0) is 55.3 Å². The second kappa shape index (κ2) is 11.8. The number of rotatable bonds is 9. The molecular formula is C28H33F3N4O3. The minimum atomic E-state index is -4.51. The van der Waals surface area contributed by atoms with E-state index in [1.807, 2.05) is 52.0 Å². The summed E-state index contributed by atoms with van der Waals surface area (Å²) in [4.78, 5) is 27.6. The molecule has 1 aromatic heterocycles. The first-order valence-corrected chi connectivity index (χ1v) is 12.2. The fraction of sp³-hybridized carbons (Fsp3) is 0.393. The zero-order valence-corrected chi connectivity index (χ0v) is 22.2. The number of amides is 2. The number of hydrogen-bond donors (Lipinski definition) is 1. The third kappa shape index (κ3) is 7.44. The maximum Gasteiger partial charge on any atom is 0.416 e. The van der Waals surface area contributed by atoms with Crippen LogP contribution >= 0.6 is 0 Å². The molecule has 3 rings (SSSR count). The molecule has 3 aromatic rings. The molecule has 0 aliphatic carbocycles. The van der Waals surface area contributed by atoms with Gasteiger partial charge in [0, 0.05) is 37.3 Å². The lowest BCUT2D eigenvalue weighted by Crippen LogP contribution is -2.39. The molecule has 2 amide bonds. The molecule has 0 radical (unpaired) electrons. The molecule has 1 N–H and O–H groups in total. The first-order chi connectivity index (χ1) is 17.8. The predicted molar refractivity (Wildman–Crippen MR) is 139 cm³/mol. The van der Waals surface area contributed by atoms with Crippen molar-refractivity contribution in [3.8, 4) is 5.69 Å². The molecule has 0 aliphatic heterocycles. The topological polar surface area (TPSA) is 76.5 Å². The Morgan fingerprint density at radius 2 is 1.74 bits per heavy atom. The first kappa shape index (κ1) is 28.9. The van der Waals surface area contributed by atoms with E-state index < -0.39 is 23.6 Å². The highest BCUT2D eigenvalue weighted by Crippen LogP contribution is 2.29. The van der Waals surface area contributed by atoms with Crippen LogP contribution < -0.4 is 5.32 Å². The highest BCUT2D eigenvalue weighted by molar-refractivity contribution is 5.99. The Balaban J connectivity index is 1.85. The highest BCUT2D eigenvalue weighted by atomic mass is 19.4. The average Bonchev–Trinajstić information content (AvgIpc) is 3.27. The predicted octanol–water partition coefficient (Wildman–Crippen LogP) is 5.61. The molecule has 0 fully saturated rings. The SMILES string of the molecule is COCCCN(CC(=O)Nc1cc(C(C)(C)C)nn1-c1cccc(C)c1)C(=O)c1ccc(C(F)(F)F)cc1. The Hall–Kier alpha value is -3.66. The number of ether oxygens (including phenoxy) is 1. The number of carbonyl (C=O) groups is 2. The van der Waals surface area contributed by atoms with Gasteiger partial charge in [-0.2, -0.15) is 18.3 Å². The summed E-state index contributed by atoms with van der Waals surface area (Å²) < 4.78 is 45.6. The summed E-state index contributed by atoms with van der Waals surface area (Å²) in [6.07, 6.45) is -4.06. The van der Waals surface area contributed by atoms with Crippen LogP contribution in [0.2, 0.25) is 0 Å². The van der Waals surface area contributed by atoms with Gasteiger partial charge in [-0.15, -0.1) is 0 Å². The van der Waals surface area contributed by atoms with Crippen LogP contribution in [0.15, 0.2) is 54.6 Å². The van der Waals surface area contributed by atoms with Crippen LogP contribution in [0.4, 0.5) is 19.0 Å². The molecule has 38 heavy (non-hydrogen) atoms. The van der Waals surface area contributed by atoms with Crippen molar-refractivity contribution >= 4 is 17.6 Å². The molecule has 10 heteroatoms. The number of hydrogen-bond acceptors (Lipinski definition) is 4. The van der Waals surface area contributed by atoms with Gasteiger partial charge in [0.25, 0.3) is 5.91 Å². The van der Waals surface area contributed by atoms with Gasteiger partial charge in [0.15, 0.2) is 0 Å². The Bertz CT molecular complexity index is 1260. The van der Waals surface area contributed by atoms with Gasteiger partial charge in [0.2, 0.25) is 5.91 Å². The normalized spacial score (nSPS) is 11.9. The number of carbonyl (C=O) groups excluding carboxylic acids is 2. The second-order valence-corrected chi connectivity index (χ2v) is 10.1. The van der Waals surface area contributed by atoms with E-state index >= 15 is 0 Å². The van der Waals surface area contributed by atoms with Gasteiger partial charge < -0.3 is 15.0 Å². The summed E-state index contributed by atoms with van der Waals surface area (Å²) in [5.74, 6) is -0.561. The lowest BCUT2D eigenvalue weighted by molar-refractivity contribution is -0.137. The van der Waals surface area contributed by atoms with E-state index in [0.717, 1.165) is 41.2 Å². The lowest BCUT2D eigenvalue weighted by Gasteiger charge is -2.22. The molecule has 0 saturated carbocycles. The van der Waals surface area contributed by atoms with E-state index in [1.54, 1.807) is 10.7 Å². The summed E-state index contributed by atoms with van der Waals surface area (Å²) in [6.45, 7) is 8.25. The molecule has 2 aromatic carbocycles. The molecule has 0 saturated heterocycles. The molecule has 7 nitrogen and oxygen atoms in total. The Labute approximate surface area is 220 Å². The van der Waals surface area contributed by atoms with Gasteiger partial charge >= 0.3 is 6.18 Å². The number of aromatic nitrogens is 2. The van der Waals surface area contributed by atoms with E-state index in [0.29, 0.717) is 18.8 Å². The van der Waals surface area contributed by atoms with Crippen molar-refractivity contribution in [2.45, 2.75) is 45.7 Å². The molecule has 0 bridgehead atoms. The fourth-order valence-corrected chi connectivity index (χ4v) is 3.79. The minimum Gasteiger partial charge on any atom is -0.385 e. The number of nitrogens with one attached hydrogen (secondary N) is 1. The summed E-state index contributed by atoms with van der Waals surface area (Å²) >= 11 is 0. The molecule has 0 spiro atoms. The van der Waals surface area contributed by atoms with Crippen LogP contribution in [0.1, 0.15) is 54.4 Å². The van der Waals surface area contributed by atoms with E-state index in [-0.39, 0.29) is 24.1 Å². The standard InChI is InChI=1S/C28H33F3N4O3/c1-19-8-6-9-22(16-19)35-24(17-23(33-35)27(2,3)4)32-25(36)18-34(14-7-15-38-5)26(37)20-10-12-21(13-11-20)28(29,30)31/h6,8-13,16-17H,7,14-15,18H2,1-5H3,(H,32,36). The number of methoxy groups -OCH3 is 1. The summed E-state index contributed by atoms with van der Waals surface area (Å²) in [5.41, 5.74) is 1.50. The fourth-order valence-electron chi connectivity index (χ4n) is 3.79. The Morgan fingerprint density at radius 1 is 1.05 bits per heavy atom. The van der Waals surface area contributed by atoms with Gasteiger partial charge in [-0.25, -0.2) is 4.68 Å². The monoisotopic (exact) mass is 530 g/mol. The van der Waals surface area contributed by atoms with Gasteiger partial charge in [0.05, 0.1) is 16.9 Å². The minimum absolute atomic E-state index is 0.0584. The molecule has 0 aliphatic rings. The van der Waals surface area contributed by atoms with Crippen molar-refractivity contribution < 1.29 is 27.5 Å². The van der Waals surface area contributed by atoms with Crippen LogP contribution in [0.5, 0.6) is 0 Å². The zero-order valence-electron chi connectivity index (χ0n) is 22.2. The number of benzene rings is 2. The highest BCUT2D eigenvalue weighted by Gasteiger charge is 2.30. The van der Waals surface area contributed by atoms with Crippen LogP contribution in [0.3, 0.4) is 0 Å². The average molecular weight is 531 g/mol. The van der Waals surface area contributed by atoms with Gasteiger partial charge in [-0.1, -0.05) is 32.9 Å². The molecule has 204 valence electrons. The lowest BCUT2D eigenvalue weighted by atomic mass is 9.92. The first-order valence-electron chi connectivity index (χ1n) is 12.2. The van der Waals surface area contributed by atoms with Crippen molar-refractivity contribution in [2.24, 2.45) is 0 Å². The Morgan fingerprint density at radius 3 is 2.32 bits per heavy atom. The van der Waals surface area contributed by atoms with Gasteiger partial charge in [-0.3, -0.25) is 9.59 Å². The van der Waals surface area contributed by atoms with E-state index in [2.05, 4.69) is 5.32 Å². The third-order valence-electron chi connectivity index (χ3n) is 5.85. The molecule has 1 heterocycles. The van der Waals surface area contributed by atoms with Crippen molar-refractivity contribution in [2.75, 3.05) is 32.1 Å². The van der Waals surface area contributed by atoms with Crippen molar-refractivity contribution in [1.82, 2.24) is 14.7 Å². The van der Waals surface area contributed by atoms with E-state index in [4.69, 9.17) is 9.84 Å². The largest absolute Gasteiger partial charge is 0.416 e. The number of alkyl halides is 3. The summed E-state index contributed by atoms with van der Waals surface area (Å²) in [5, 5.41) is 7.57. The van der Waals surface area contributed by atoms with Gasteiger partial charge in [0.1, 0.15) is 12.4 Å². The number of nitrogens with zero attached hydrogens (tertiary/aromatic N) is 3. The molecule has 0 unspecified atom stereocenters. The van der Waals surface area contributed by atoms with Crippen molar-refractivity contribution in [1.29, 1.82) is 0 Å². The number of anilines is 1. The van der Waals surface area contributed by atoms with E-state index in [1.165, 1.54) is 12.0 Å². The summed E-state index contributed by atoms with van der Waals surface area (Å²) in [6, 6.07) is 13.4. The Kier molecular flexibility index (Phi) is 8.98. The molecule has 0 atom stereocenters. The van der Waals surface area contributed by atoms with Crippen molar-refractivity contribution in [3.63, 3.8) is 0 Å². The number of halogens is 3.